The Morgan fingerprint density at radius 3 is 0.891 bits per heavy atom. The summed E-state index contributed by atoms with van der Waals surface area (Å²) < 4.78 is 13.2. The van der Waals surface area contributed by atoms with E-state index in [1.807, 2.05) is 48.5 Å². The normalized spacial score (nSPS) is 13.9. The van der Waals surface area contributed by atoms with E-state index in [1.54, 1.807) is 14.2 Å². The summed E-state index contributed by atoms with van der Waals surface area (Å²) in [4.78, 5) is 23.1. The fourth-order valence-electron chi connectivity index (χ4n) is 7.59. The Labute approximate surface area is 273 Å². The molecule has 5 rings (SSSR count). The second kappa shape index (κ2) is 13.0. The average molecular weight is 611 g/mol. The number of carbonyl (C=O) groups excluding carboxylic acids is 2. The lowest BCUT2D eigenvalue weighted by Crippen LogP contribution is -2.35. The van der Waals surface area contributed by atoms with Gasteiger partial charge in [-0.25, -0.2) is 0 Å². The van der Waals surface area contributed by atoms with Gasteiger partial charge in [0.1, 0.15) is 23.8 Å². The lowest BCUT2D eigenvalue weighted by atomic mass is 9.73. The Morgan fingerprint density at radius 2 is 0.674 bits per heavy atom. The molecule has 0 N–H and O–H groups in total. The molecule has 5 aromatic rings. The zero-order valence-corrected chi connectivity index (χ0v) is 28.0. The van der Waals surface area contributed by atoms with E-state index in [9.17, 15) is 9.59 Å². The van der Waals surface area contributed by atoms with Crippen LogP contribution in [0, 0.1) is 41.5 Å². The van der Waals surface area contributed by atoms with Gasteiger partial charge in [-0.1, -0.05) is 108 Å². The number of hydrogen-bond acceptors (Lipinski definition) is 4. The predicted octanol–water partition coefficient (Wildman–Crippen LogP) is 9.04. The predicted molar refractivity (Wildman–Crippen MR) is 185 cm³/mol. The van der Waals surface area contributed by atoms with Gasteiger partial charge < -0.3 is 9.47 Å². The van der Waals surface area contributed by atoms with Crippen LogP contribution in [0.1, 0.15) is 87.5 Å². The van der Waals surface area contributed by atoms with E-state index >= 15 is 0 Å². The molecule has 0 radical (unpaired) electrons. The van der Waals surface area contributed by atoms with E-state index in [0.29, 0.717) is 11.1 Å². The minimum Gasteiger partial charge on any atom is -0.364 e. The van der Waals surface area contributed by atoms with E-state index in [2.05, 4.69) is 90.1 Å². The Balaban J connectivity index is 1.81. The first kappa shape index (κ1) is 32.7. The Kier molecular flexibility index (Phi) is 9.25. The van der Waals surface area contributed by atoms with E-state index in [0.717, 1.165) is 68.2 Å². The summed E-state index contributed by atoms with van der Waals surface area (Å²) in [6.45, 7) is 12.7. The number of methoxy groups -OCH3 is 2. The topological polar surface area (TPSA) is 52.6 Å². The zero-order valence-electron chi connectivity index (χ0n) is 28.0. The highest BCUT2D eigenvalue weighted by Crippen LogP contribution is 2.47. The van der Waals surface area contributed by atoms with Crippen molar-refractivity contribution in [3.05, 3.63) is 175 Å². The van der Waals surface area contributed by atoms with Crippen LogP contribution in [0.3, 0.4) is 0 Å². The number of ether oxygens (including phenoxy) is 2. The molecule has 2 atom stereocenters. The van der Waals surface area contributed by atoms with Crippen LogP contribution < -0.4 is 0 Å². The van der Waals surface area contributed by atoms with Crippen LogP contribution in [0.5, 0.6) is 0 Å². The minimum atomic E-state index is -0.946. The first-order valence-electron chi connectivity index (χ1n) is 15.5. The third-order valence-electron chi connectivity index (χ3n) is 9.28. The Bertz CT molecular complexity index is 1700. The molecule has 0 spiro atoms. The monoisotopic (exact) mass is 610 g/mol. The Morgan fingerprint density at radius 1 is 0.435 bits per heavy atom. The number of benzene rings is 5. The SMILES string of the molecule is COC(c1ccc(C=O)cc1)(c1ccc(C(OC)(c2ccc(C=O)cc2)c2c(C)cc(C)cc2C)cc1)c1c(C)cc(C)cc1C. The molecule has 0 aliphatic heterocycles. The van der Waals surface area contributed by atoms with Crippen LogP contribution in [-0.2, 0) is 20.7 Å². The Hall–Kier alpha value is -4.64. The largest absolute Gasteiger partial charge is 0.364 e. The molecule has 4 heteroatoms. The maximum absolute atomic E-state index is 11.6. The van der Waals surface area contributed by atoms with Crippen molar-refractivity contribution in [2.75, 3.05) is 14.2 Å². The molecular weight excluding hydrogens is 568 g/mol. The highest BCUT2D eigenvalue weighted by Gasteiger charge is 2.42. The van der Waals surface area contributed by atoms with Gasteiger partial charge in [-0.15, -0.1) is 0 Å². The first-order valence-corrected chi connectivity index (χ1v) is 15.5. The smallest absolute Gasteiger partial charge is 0.150 e. The lowest BCUT2D eigenvalue weighted by molar-refractivity contribution is 0.0544. The third-order valence-corrected chi connectivity index (χ3v) is 9.28. The van der Waals surface area contributed by atoms with Crippen molar-refractivity contribution < 1.29 is 19.1 Å². The second-order valence-corrected chi connectivity index (χ2v) is 12.4. The highest BCUT2D eigenvalue weighted by atomic mass is 16.5. The van der Waals surface area contributed by atoms with Crippen LogP contribution in [0.4, 0.5) is 0 Å². The zero-order chi connectivity index (χ0) is 33.2. The maximum Gasteiger partial charge on any atom is 0.150 e. The quantitative estimate of drug-likeness (QED) is 0.117. The minimum absolute atomic E-state index is 0.607. The van der Waals surface area contributed by atoms with Crippen molar-refractivity contribution in [3.63, 3.8) is 0 Å². The van der Waals surface area contributed by atoms with Gasteiger partial charge in [0.05, 0.1) is 0 Å². The van der Waals surface area contributed by atoms with Gasteiger partial charge in [0.2, 0.25) is 0 Å². The fourth-order valence-corrected chi connectivity index (χ4v) is 7.59. The van der Waals surface area contributed by atoms with Crippen molar-refractivity contribution >= 4 is 12.6 Å². The number of aryl methyl sites for hydroxylation is 6. The highest BCUT2D eigenvalue weighted by molar-refractivity contribution is 5.75. The van der Waals surface area contributed by atoms with Gasteiger partial charge in [-0.05, 0) is 97.2 Å². The van der Waals surface area contributed by atoms with E-state index < -0.39 is 11.2 Å². The van der Waals surface area contributed by atoms with E-state index in [4.69, 9.17) is 9.47 Å². The standard InChI is InChI=1S/C42H42O4/c1-27-21-29(3)39(30(4)22-27)41(45-7,35-13-9-33(25-43)10-14-35)37-17-19-38(20-18-37)42(46-8,36-15-11-34(26-44)12-16-36)40-31(5)23-28(2)24-32(40)6/h9-26H,1-8H3. The van der Waals surface area contributed by atoms with Gasteiger partial charge in [-0.3, -0.25) is 9.59 Å². The summed E-state index contributed by atoms with van der Waals surface area (Å²) in [5, 5.41) is 0. The summed E-state index contributed by atoms with van der Waals surface area (Å²) in [5.74, 6) is 0. The summed E-state index contributed by atoms with van der Waals surface area (Å²) in [6.07, 6.45) is 1.72. The van der Waals surface area contributed by atoms with Crippen LogP contribution in [0.15, 0.2) is 97.1 Å². The number of rotatable bonds is 10. The van der Waals surface area contributed by atoms with Crippen molar-refractivity contribution in [3.8, 4) is 0 Å². The average Bonchev–Trinajstić information content (AvgIpc) is 3.05. The molecule has 0 aliphatic carbocycles. The van der Waals surface area contributed by atoms with Crippen molar-refractivity contribution in [1.29, 1.82) is 0 Å². The summed E-state index contributed by atoms with van der Waals surface area (Å²) in [5.41, 5.74) is 12.1. The van der Waals surface area contributed by atoms with Gasteiger partial charge in [-0.2, -0.15) is 0 Å². The van der Waals surface area contributed by atoms with Gasteiger partial charge >= 0.3 is 0 Å². The molecule has 5 aromatic carbocycles. The molecule has 2 unspecified atom stereocenters. The second-order valence-electron chi connectivity index (χ2n) is 12.4. The molecule has 0 saturated heterocycles. The van der Waals surface area contributed by atoms with Gasteiger partial charge in [0, 0.05) is 25.3 Å². The molecule has 0 bridgehead atoms. The third kappa shape index (κ3) is 5.42. The van der Waals surface area contributed by atoms with Crippen molar-refractivity contribution in [2.24, 2.45) is 0 Å². The summed E-state index contributed by atoms with van der Waals surface area (Å²) in [6, 6.07) is 32.5. The van der Waals surface area contributed by atoms with Crippen LogP contribution in [0.25, 0.3) is 0 Å². The fraction of sp³-hybridized carbons (Fsp3) is 0.238. The molecular formula is C42H42O4. The summed E-state index contributed by atoms with van der Waals surface area (Å²) in [7, 11) is 3.49. The molecule has 0 amide bonds. The number of hydrogen-bond donors (Lipinski definition) is 0. The molecule has 234 valence electrons. The number of carbonyl (C=O) groups is 2. The van der Waals surface area contributed by atoms with Crippen LogP contribution in [-0.4, -0.2) is 26.8 Å². The van der Waals surface area contributed by atoms with Crippen LogP contribution in [0.2, 0.25) is 0 Å². The van der Waals surface area contributed by atoms with Crippen molar-refractivity contribution in [2.45, 2.75) is 52.7 Å². The summed E-state index contributed by atoms with van der Waals surface area (Å²) >= 11 is 0. The molecule has 4 nitrogen and oxygen atoms in total. The lowest BCUT2D eigenvalue weighted by Gasteiger charge is -2.39. The molecule has 0 aliphatic rings. The van der Waals surface area contributed by atoms with Crippen LogP contribution >= 0.6 is 0 Å². The number of aldehydes is 2. The maximum atomic E-state index is 11.6. The van der Waals surface area contributed by atoms with Crippen molar-refractivity contribution in [1.82, 2.24) is 0 Å². The molecule has 46 heavy (non-hydrogen) atoms. The van der Waals surface area contributed by atoms with E-state index in [-0.39, 0.29) is 0 Å². The molecule has 0 saturated carbocycles. The van der Waals surface area contributed by atoms with Gasteiger partial charge in [0.15, 0.2) is 0 Å². The molecule has 0 aromatic heterocycles. The molecule has 0 fully saturated rings. The van der Waals surface area contributed by atoms with Gasteiger partial charge in [0.25, 0.3) is 0 Å². The first-order chi connectivity index (χ1) is 22.0. The molecule has 0 heterocycles. The van der Waals surface area contributed by atoms with E-state index in [1.165, 1.54) is 11.1 Å².